The molecule has 6 nitrogen and oxygen atoms in total. The summed E-state index contributed by atoms with van der Waals surface area (Å²) >= 11 is 0. The lowest BCUT2D eigenvalue weighted by atomic mass is 10.3. The first kappa shape index (κ1) is 13.9. The third-order valence-corrected chi connectivity index (χ3v) is 1.46. The van der Waals surface area contributed by atoms with Crippen LogP contribution in [0, 0.1) is 0 Å². The highest BCUT2D eigenvalue weighted by Crippen LogP contribution is 1.92. The van der Waals surface area contributed by atoms with Crippen molar-refractivity contribution in [1.82, 2.24) is 0 Å². The van der Waals surface area contributed by atoms with Crippen molar-refractivity contribution in [2.75, 3.05) is 33.5 Å². The summed E-state index contributed by atoms with van der Waals surface area (Å²) < 4.78 is 13.9. The van der Waals surface area contributed by atoms with Crippen LogP contribution in [0.2, 0.25) is 0 Å². The second-order valence-electron chi connectivity index (χ2n) is 2.74. The van der Waals surface area contributed by atoms with Crippen LogP contribution in [-0.2, 0) is 23.8 Å². The van der Waals surface area contributed by atoms with Crippen LogP contribution >= 0.6 is 0 Å². The lowest BCUT2D eigenvalue weighted by molar-refractivity contribution is -0.149. The molecular weight excluding hydrogens is 204 g/mol. The van der Waals surface area contributed by atoms with Gasteiger partial charge in [-0.1, -0.05) is 0 Å². The Morgan fingerprint density at radius 2 is 1.60 bits per heavy atom. The van der Waals surface area contributed by atoms with Crippen molar-refractivity contribution in [2.24, 2.45) is 0 Å². The summed E-state index contributed by atoms with van der Waals surface area (Å²) in [6.07, 6.45) is 1.19. The first-order valence-corrected chi connectivity index (χ1v) is 4.61. The average molecular weight is 220 g/mol. The Balaban J connectivity index is 3.18. The SMILES string of the molecule is COCC(=O)OCCCCOC(=O)CO. The standard InChI is InChI=1S/C9H16O6/c1-13-7-9(12)15-5-3-2-4-14-8(11)6-10/h10H,2-7H2,1H3. The van der Waals surface area contributed by atoms with Crippen LogP contribution in [0.5, 0.6) is 0 Å². The lowest BCUT2D eigenvalue weighted by Crippen LogP contribution is -2.13. The van der Waals surface area contributed by atoms with Gasteiger partial charge in [0, 0.05) is 7.11 Å². The fourth-order valence-corrected chi connectivity index (χ4v) is 0.781. The van der Waals surface area contributed by atoms with Gasteiger partial charge in [0.2, 0.25) is 0 Å². The second kappa shape index (κ2) is 9.42. The fraction of sp³-hybridized carbons (Fsp3) is 0.778. The molecule has 0 bridgehead atoms. The maximum Gasteiger partial charge on any atom is 0.332 e. The monoisotopic (exact) mass is 220 g/mol. The number of hydrogen-bond donors (Lipinski definition) is 1. The minimum absolute atomic E-state index is 0.0561. The first-order valence-electron chi connectivity index (χ1n) is 4.61. The van der Waals surface area contributed by atoms with Gasteiger partial charge in [-0.3, -0.25) is 0 Å². The number of aliphatic hydroxyl groups excluding tert-OH is 1. The number of esters is 2. The van der Waals surface area contributed by atoms with Gasteiger partial charge in [0.25, 0.3) is 0 Å². The highest BCUT2D eigenvalue weighted by molar-refractivity contribution is 5.70. The zero-order valence-electron chi connectivity index (χ0n) is 8.73. The molecule has 0 saturated heterocycles. The van der Waals surface area contributed by atoms with E-state index in [-0.39, 0.29) is 19.8 Å². The summed E-state index contributed by atoms with van der Waals surface area (Å²) in [4.78, 5) is 21.2. The number of unbranched alkanes of at least 4 members (excludes halogenated alkanes) is 1. The summed E-state index contributed by atoms with van der Waals surface area (Å²) in [6, 6.07) is 0. The minimum atomic E-state index is -0.647. The number of hydrogen-bond acceptors (Lipinski definition) is 6. The Kier molecular flexibility index (Phi) is 8.70. The zero-order chi connectivity index (χ0) is 11.5. The molecule has 0 rings (SSSR count). The number of rotatable bonds is 8. The number of ether oxygens (including phenoxy) is 3. The molecule has 0 amide bonds. The molecule has 15 heavy (non-hydrogen) atoms. The van der Waals surface area contributed by atoms with Crippen molar-refractivity contribution in [2.45, 2.75) is 12.8 Å². The third kappa shape index (κ3) is 9.17. The van der Waals surface area contributed by atoms with E-state index in [2.05, 4.69) is 9.47 Å². The molecule has 0 unspecified atom stereocenters. The molecule has 0 aromatic rings. The minimum Gasteiger partial charge on any atom is -0.464 e. The molecule has 0 atom stereocenters. The van der Waals surface area contributed by atoms with E-state index in [0.29, 0.717) is 12.8 Å². The van der Waals surface area contributed by atoms with Gasteiger partial charge >= 0.3 is 11.9 Å². The van der Waals surface area contributed by atoms with Crippen molar-refractivity contribution in [1.29, 1.82) is 0 Å². The first-order chi connectivity index (χ1) is 7.20. The smallest absolute Gasteiger partial charge is 0.332 e. The van der Waals surface area contributed by atoms with E-state index in [1.54, 1.807) is 0 Å². The van der Waals surface area contributed by atoms with Gasteiger partial charge in [0.05, 0.1) is 13.2 Å². The number of carbonyl (C=O) groups is 2. The van der Waals surface area contributed by atoms with Gasteiger partial charge in [-0.2, -0.15) is 0 Å². The van der Waals surface area contributed by atoms with Crippen molar-refractivity contribution < 1.29 is 28.9 Å². The van der Waals surface area contributed by atoms with Gasteiger partial charge in [-0.25, -0.2) is 9.59 Å². The average Bonchev–Trinajstić information content (AvgIpc) is 2.23. The number of carbonyl (C=O) groups excluding carboxylic acids is 2. The van der Waals surface area contributed by atoms with Gasteiger partial charge in [-0.05, 0) is 12.8 Å². The van der Waals surface area contributed by atoms with Crippen LogP contribution in [-0.4, -0.2) is 50.6 Å². The molecule has 0 aliphatic carbocycles. The van der Waals surface area contributed by atoms with Crippen LogP contribution in [0.25, 0.3) is 0 Å². The van der Waals surface area contributed by atoms with E-state index in [1.807, 2.05) is 0 Å². The Labute approximate surface area is 88.1 Å². The molecule has 0 radical (unpaired) electrons. The molecule has 0 fully saturated rings. The van der Waals surface area contributed by atoms with Crippen molar-refractivity contribution in [3.63, 3.8) is 0 Å². The van der Waals surface area contributed by atoms with Crippen LogP contribution in [0.1, 0.15) is 12.8 Å². The summed E-state index contributed by atoms with van der Waals surface area (Å²) in [5.74, 6) is -1.06. The normalized spacial score (nSPS) is 9.73. The topological polar surface area (TPSA) is 82.1 Å². The lowest BCUT2D eigenvalue weighted by Gasteiger charge is -2.04. The molecule has 6 heteroatoms. The summed E-state index contributed by atoms with van der Waals surface area (Å²) in [5, 5.41) is 8.31. The predicted octanol–water partition coefficient (Wildman–Crippen LogP) is -0.508. The highest BCUT2D eigenvalue weighted by atomic mass is 16.6. The predicted molar refractivity (Wildman–Crippen MR) is 50.1 cm³/mol. The summed E-state index contributed by atoms with van der Waals surface area (Å²) in [7, 11) is 1.41. The third-order valence-electron chi connectivity index (χ3n) is 1.46. The molecule has 0 heterocycles. The number of aliphatic hydroxyl groups is 1. The van der Waals surface area contributed by atoms with Gasteiger partial charge < -0.3 is 19.3 Å². The largest absolute Gasteiger partial charge is 0.464 e. The maximum atomic E-state index is 10.8. The Morgan fingerprint density at radius 3 is 2.07 bits per heavy atom. The molecule has 0 aromatic heterocycles. The van der Waals surface area contributed by atoms with E-state index in [9.17, 15) is 9.59 Å². The van der Waals surface area contributed by atoms with E-state index >= 15 is 0 Å². The molecule has 88 valence electrons. The Hall–Kier alpha value is -1.14. The molecule has 0 spiro atoms. The van der Waals surface area contributed by atoms with E-state index < -0.39 is 18.5 Å². The van der Waals surface area contributed by atoms with E-state index in [0.717, 1.165) is 0 Å². The van der Waals surface area contributed by atoms with Crippen LogP contribution in [0.3, 0.4) is 0 Å². The molecular formula is C9H16O6. The molecule has 0 aliphatic heterocycles. The molecule has 1 N–H and O–H groups in total. The van der Waals surface area contributed by atoms with E-state index in [4.69, 9.17) is 9.84 Å². The maximum absolute atomic E-state index is 10.8. The molecule has 0 saturated carbocycles. The van der Waals surface area contributed by atoms with Crippen LogP contribution in [0.15, 0.2) is 0 Å². The van der Waals surface area contributed by atoms with E-state index in [1.165, 1.54) is 7.11 Å². The van der Waals surface area contributed by atoms with Crippen molar-refractivity contribution in [3.05, 3.63) is 0 Å². The van der Waals surface area contributed by atoms with Crippen LogP contribution < -0.4 is 0 Å². The Bertz CT molecular complexity index is 191. The zero-order valence-corrected chi connectivity index (χ0v) is 8.73. The van der Waals surface area contributed by atoms with Gasteiger partial charge in [-0.15, -0.1) is 0 Å². The van der Waals surface area contributed by atoms with Crippen molar-refractivity contribution in [3.8, 4) is 0 Å². The summed E-state index contributed by atoms with van der Waals surface area (Å²) in [5.41, 5.74) is 0. The number of methoxy groups -OCH3 is 1. The molecule has 0 aromatic carbocycles. The molecule has 0 aliphatic rings. The highest BCUT2D eigenvalue weighted by Gasteiger charge is 2.01. The van der Waals surface area contributed by atoms with Gasteiger partial charge in [0.15, 0.2) is 0 Å². The van der Waals surface area contributed by atoms with Crippen LogP contribution in [0.4, 0.5) is 0 Å². The quantitative estimate of drug-likeness (QED) is 0.438. The van der Waals surface area contributed by atoms with Crippen molar-refractivity contribution >= 4 is 11.9 Å². The van der Waals surface area contributed by atoms with Gasteiger partial charge in [0.1, 0.15) is 13.2 Å². The second-order valence-corrected chi connectivity index (χ2v) is 2.74. The fourth-order valence-electron chi connectivity index (χ4n) is 0.781. The Morgan fingerprint density at radius 1 is 1.07 bits per heavy atom. The summed E-state index contributed by atoms with van der Waals surface area (Å²) in [6.45, 7) is -0.164.